The number of rotatable bonds is 7. The van der Waals surface area contributed by atoms with Gasteiger partial charge in [-0.3, -0.25) is 4.79 Å². The minimum Gasteiger partial charge on any atom is -0.491 e. The number of anilines is 1. The molecule has 0 aliphatic heterocycles. The highest BCUT2D eigenvalue weighted by atomic mass is 16.5. The SMILES string of the molecule is CC(C)Oc1ccc(NCc2cc3cc(OC(C)C)ccc3[nH]c2=O)cc1. The third-order valence-corrected chi connectivity index (χ3v) is 3.97. The fourth-order valence-electron chi connectivity index (χ4n) is 2.83. The highest BCUT2D eigenvalue weighted by Crippen LogP contribution is 2.21. The van der Waals surface area contributed by atoms with Gasteiger partial charge < -0.3 is 19.8 Å². The van der Waals surface area contributed by atoms with Crippen molar-refractivity contribution in [3.8, 4) is 11.5 Å². The van der Waals surface area contributed by atoms with Crippen LogP contribution in [0.15, 0.2) is 53.3 Å². The molecule has 0 radical (unpaired) electrons. The molecule has 0 unspecified atom stereocenters. The van der Waals surface area contributed by atoms with Crippen molar-refractivity contribution in [3.05, 3.63) is 64.4 Å². The van der Waals surface area contributed by atoms with Crippen molar-refractivity contribution in [2.75, 3.05) is 5.32 Å². The fraction of sp³-hybridized carbons (Fsp3) is 0.318. The zero-order valence-corrected chi connectivity index (χ0v) is 16.2. The van der Waals surface area contributed by atoms with Gasteiger partial charge in [0.2, 0.25) is 0 Å². The Balaban J connectivity index is 1.75. The highest BCUT2D eigenvalue weighted by molar-refractivity contribution is 5.80. The van der Waals surface area contributed by atoms with Crippen LogP contribution in [0.4, 0.5) is 5.69 Å². The Kier molecular flexibility index (Phi) is 5.69. The Morgan fingerprint density at radius 2 is 1.52 bits per heavy atom. The van der Waals surface area contributed by atoms with E-state index in [1.165, 1.54) is 0 Å². The van der Waals surface area contributed by atoms with Crippen LogP contribution in [0.2, 0.25) is 0 Å². The highest BCUT2D eigenvalue weighted by Gasteiger charge is 2.06. The molecule has 0 saturated heterocycles. The molecule has 3 aromatic rings. The molecule has 0 aliphatic rings. The summed E-state index contributed by atoms with van der Waals surface area (Å²) in [4.78, 5) is 15.3. The van der Waals surface area contributed by atoms with Crippen LogP contribution in [0.25, 0.3) is 10.9 Å². The molecule has 0 amide bonds. The van der Waals surface area contributed by atoms with Gasteiger partial charge >= 0.3 is 0 Å². The molecule has 1 aromatic heterocycles. The molecule has 2 aromatic carbocycles. The fourth-order valence-corrected chi connectivity index (χ4v) is 2.83. The first-order valence-electron chi connectivity index (χ1n) is 9.24. The van der Waals surface area contributed by atoms with Crippen molar-refractivity contribution in [1.29, 1.82) is 0 Å². The summed E-state index contributed by atoms with van der Waals surface area (Å²) in [5.41, 5.74) is 2.32. The predicted molar refractivity (Wildman–Crippen MR) is 110 cm³/mol. The maximum Gasteiger partial charge on any atom is 0.253 e. The average Bonchev–Trinajstić information content (AvgIpc) is 2.60. The molecule has 0 saturated carbocycles. The summed E-state index contributed by atoms with van der Waals surface area (Å²) in [5, 5.41) is 4.24. The maximum absolute atomic E-state index is 12.3. The minimum absolute atomic E-state index is 0.0905. The lowest BCUT2D eigenvalue weighted by Gasteiger charge is -2.12. The summed E-state index contributed by atoms with van der Waals surface area (Å²) in [6.45, 7) is 8.41. The van der Waals surface area contributed by atoms with Crippen LogP contribution < -0.4 is 20.3 Å². The Hall–Kier alpha value is -2.95. The molecule has 0 atom stereocenters. The average molecular weight is 366 g/mol. The standard InChI is InChI=1S/C22H26N2O3/c1-14(2)26-19-7-5-18(6-8-19)23-13-17-11-16-12-20(27-15(3)4)9-10-21(16)24-22(17)25/h5-12,14-15,23H,13H2,1-4H3,(H,24,25). The van der Waals surface area contributed by atoms with Crippen molar-refractivity contribution in [2.24, 2.45) is 0 Å². The summed E-state index contributed by atoms with van der Waals surface area (Å²) in [6, 6.07) is 15.3. The summed E-state index contributed by atoms with van der Waals surface area (Å²) in [7, 11) is 0. The van der Waals surface area contributed by atoms with Gasteiger partial charge in [-0.1, -0.05) is 0 Å². The maximum atomic E-state index is 12.3. The molecule has 5 nitrogen and oxygen atoms in total. The van der Waals surface area contributed by atoms with Crippen molar-refractivity contribution in [3.63, 3.8) is 0 Å². The van der Waals surface area contributed by atoms with Crippen LogP contribution in [-0.2, 0) is 6.54 Å². The van der Waals surface area contributed by atoms with Gasteiger partial charge in [0.15, 0.2) is 0 Å². The second kappa shape index (κ2) is 8.16. The second-order valence-corrected chi connectivity index (χ2v) is 7.08. The van der Waals surface area contributed by atoms with Gasteiger partial charge in [-0.25, -0.2) is 0 Å². The number of H-pyrrole nitrogens is 1. The monoisotopic (exact) mass is 366 g/mol. The summed E-state index contributed by atoms with van der Waals surface area (Å²) in [6.07, 6.45) is 0.249. The van der Waals surface area contributed by atoms with E-state index in [0.29, 0.717) is 12.1 Å². The van der Waals surface area contributed by atoms with E-state index in [-0.39, 0.29) is 17.8 Å². The number of pyridine rings is 1. The van der Waals surface area contributed by atoms with Crippen LogP contribution in [0.3, 0.4) is 0 Å². The minimum atomic E-state index is -0.0905. The van der Waals surface area contributed by atoms with E-state index in [9.17, 15) is 4.79 Å². The molecule has 0 fully saturated rings. The van der Waals surface area contributed by atoms with Gasteiger partial charge in [-0.2, -0.15) is 0 Å². The lowest BCUT2D eigenvalue weighted by atomic mass is 10.1. The number of aromatic nitrogens is 1. The van der Waals surface area contributed by atoms with E-state index in [2.05, 4.69) is 10.3 Å². The topological polar surface area (TPSA) is 63.4 Å². The van der Waals surface area contributed by atoms with Crippen LogP contribution in [0.5, 0.6) is 11.5 Å². The van der Waals surface area contributed by atoms with Crippen LogP contribution in [0.1, 0.15) is 33.3 Å². The zero-order chi connectivity index (χ0) is 19.4. The first-order chi connectivity index (χ1) is 12.9. The lowest BCUT2D eigenvalue weighted by Crippen LogP contribution is -2.15. The van der Waals surface area contributed by atoms with Gasteiger partial charge in [0, 0.05) is 28.7 Å². The summed E-state index contributed by atoms with van der Waals surface area (Å²) >= 11 is 0. The van der Waals surface area contributed by atoms with Crippen molar-refractivity contribution < 1.29 is 9.47 Å². The first kappa shape index (κ1) is 18.8. The van der Waals surface area contributed by atoms with Gasteiger partial charge in [-0.05, 0) is 76.2 Å². The number of fused-ring (bicyclic) bond motifs is 1. The van der Waals surface area contributed by atoms with Crippen molar-refractivity contribution >= 4 is 16.6 Å². The van der Waals surface area contributed by atoms with E-state index in [4.69, 9.17) is 9.47 Å². The summed E-state index contributed by atoms with van der Waals surface area (Å²) < 4.78 is 11.4. The Morgan fingerprint density at radius 3 is 2.19 bits per heavy atom. The van der Waals surface area contributed by atoms with E-state index < -0.39 is 0 Å². The number of aromatic amines is 1. The predicted octanol–water partition coefficient (Wildman–Crippen LogP) is 4.71. The molecule has 27 heavy (non-hydrogen) atoms. The quantitative estimate of drug-likeness (QED) is 0.635. The first-order valence-corrected chi connectivity index (χ1v) is 9.24. The third kappa shape index (κ3) is 5.03. The van der Waals surface area contributed by atoms with Gasteiger partial charge in [0.25, 0.3) is 5.56 Å². The number of nitrogens with one attached hydrogen (secondary N) is 2. The molecule has 1 heterocycles. The molecule has 2 N–H and O–H groups in total. The third-order valence-electron chi connectivity index (χ3n) is 3.97. The molecule has 0 spiro atoms. The smallest absolute Gasteiger partial charge is 0.253 e. The van der Waals surface area contributed by atoms with Crippen molar-refractivity contribution in [2.45, 2.75) is 46.4 Å². The molecule has 0 aliphatic carbocycles. The molecule has 0 bridgehead atoms. The van der Waals surface area contributed by atoms with E-state index in [0.717, 1.165) is 28.1 Å². The van der Waals surface area contributed by atoms with Crippen molar-refractivity contribution in [1.82, 2.24) is 4.98 Å². The van der Waals surface area contributed by atoms with E-state index in [1.54, 1.807) is 0 Å². The number of hydrogen-bond acceptors (Lipinski definition) is 4. The lowest BCUT2D eigenvalue weighted by molar-refractivity contribution is 0.242. The number of benzene rings is 2. The Morgan fingerprint density at radius 1 is 0.889 bits per heavy atom. The van der Waals surface area contributed by atoms with Gasteiger partial charge in [-0.15, -0.1) is 0 Å². The Bertz CT molecular complexity index is 959. The van der Waals surface area contributed by atoms with Crippen LogP contribution in [0, 0.1) is 0 Å². The van der Waals surface area contributed by atoms with E-state index >= 15 is 0 Å². The number of ether oxygens (including phenoxy) is 2. The number of hydrogen-bond donors (Lipinski definition) is 2. The van der Waals surface area contributed by atoms with Crippen LogP contribution >= 0.6 is 0 Å². The van der Waals surface area contributed by atoms with Gasteiger partial charge in [0.1, 0.15) is 11.5 Å². The Labute approximate surface area is 159 Å². The normalized spacial score (nSPS) is 11.2. The second-order valence-electron chi connectivity index (χ2n) is 7.08. The molecule has 5 heteroatoms. The molecule has 142 valence electrons. The molecule has 3 rings (SSSR count). The molecular weight excluding hydrogens is 340 g/mol. The van der Waals surface area contributed by atoms with Crippen LogP contribution in [-0.4, -0.2) is 17.2 Å². The zero-order valence-electron chi connectivity index (χ0n) is 16.2. The van der Waals surface area contributed by atoms with Gasteiger partial charge in [0.05, 0.1) is 12.2 Å². The largest absolute Gasteiger partial charge is 0.491 e. The van der Waals surface area contributed by atoms with E-state index in [1.807, 2.05) is 76.2 Å². The summed E-state index contributed by atoms with van der Waals surface area (Å²) in [5.74, 6) is 1.63. The molecular formula is C22H26N2O3.